The monoisotopic (exact) mass is 609 g/mol. The number of hydrogen-bond donors (Lipinski definition) is 3. The van der Waals surface area contributed by atoms with Crippen LogP contribution in [0.3, 0.4) is 0 Å². The summed E-state index contributed by atoms with van der Waals surface area (Å²) in [6.07, 6.45) is 4.82. The number of carbonyl (C=O) groups is 3. The topological polar surface area (TPSA) is 153 Å². The number of aromatic nitrogens is 3. The number of nitrogens with zero attached hydrogens (tertiary/aromatic N) is 5. The number of hydroxylamine groups is 1. The van der Waals surface area contributed by atoms with Crippen LogP contribution in [-0.4, -0.2) is 86.7 Å². The van der Waals surface area contributed by atoms with E-state index < -0.39 is 18.0 Å². The highest BCUT2D eigenvalue weighted by Crippen LogP contribution is 2.45. The molecule has 3 amide bonds. The van der Waals surface area contributed by atoms with Crippen molar-refractivity contribution < 1.29 is 29.1 Å². The average Bonchev–Trinajstić information content (AvgIpc) is 3.70. The molecular formula is C32H31N7O6. The summed E-state index contributed by atoms with van der Waals surface area (Å²) in [6, 6.07) is 12.7. The van der Waals surface area contributed by atoms with E-state index in [4.69, 9.17) is 14.7 Å². The molecule has 13 nitrogen and oxygen atoms in total. The number of aromatic amines is 1. The summed E-state index contributed by atoms with van der Waals surface area (Å²) in [6.45, 7) is 2.07. The molecule has 0 aliphatic carbocycles. The molecule has 45 heavy (non-hydrogen) atoms. The van der Waals surface area contributed by atoms with E-state index in [1.165, 1.54) is 12.4 Å². The first-order valence-corrected chi connectivity index (χ1v) is 15.1. The molecule has 6 heterocycles. The predicted molar refractivity (Wildman–Crippen MR) is 160 cm³/mol. The van der Waals surface area contributed by atoms with E-state index >= 15 is 0 Å². The van der Waals surface area contributed by atoms with Crippen molar-refractivity contribution in [2.75, 3.05) is 37.9 Å². The number of para-hydroxylation sites is 1. The first kappa shape index (κ1) is 27.4. The highest BCUT2D eigenvalue weighted by atomic mass is 16.7. The number of anilines is 1. The molecule has 4 aliphatic rings. The Labute approximate surface area is 257 Å². The Morgan fingerprint density at radius 2 is 1.82 bits per heavy atom. The second-order valence-electron chi connectivity index (χ2n) is 12.0. The van der Waals surface area contributed by atoms with Gasteiger partial charge in [0.2, 0.25) is 24.6 Å². The van der Waals surface area contributed by atoms with Crippen LogP contribution in [-0.2, 0) is 16.0 Å². The minimum atomic E-state index is -0.666. The standard InChI is InChI=1S/C32H31N7O6/c40-27-16-38(15-18-7-9-37(10-8-18)32-33-13-20(14-34-32)30(41)36-43)31(42)24-12-22-21-3-1-2-4-23(21)35-28(22)29(39(24)27)19-5-6-25-26(11-19)45-17-44-25/h1-6,11,13-14,18,24,29,35,43H,7-10,12,15-17H2,(H,36,41). The summed E-state index contributed by atoms with van der Waals surface area (Å²) >= 11 is 0. The van der Waals surface area contributed by atoms with E-state index in [1.807, 2.05) is 41.3 Å². The summed E-state index contributed by atoms with van der Waals surface area (Å²) in [4.78, 5) is 57.5. The Kier molecular flexibility index (Phi) is 6.55. The van der Waals surface area contributed by atoms with E-state index in [0.717, 1.165) is 40.6 Å². The molecule has 2 aromatic carbocycles. The van der Waals surface area contributed by atoms with Gasteiger partial charge in [0.15, 0.2) is 11.5 Å². The van der Waals surface area contributed by atoms with Crippen molar-refractivity contribution in [2.24, 2.45) is 5.92 Å². The van der Waals surface area contributed by atoms with Gasteiger partial charge in [-0.1, -0.05) is 24.3 Å². The number of hydrogen-bond acceptors (Lipinski definition) is 9. The van der Waals surface area contributed by atoms with E-state index in [1.54, 1.807) is 15.3 Å². The molecule has 0 spiro atoms. The molecule has 2 saturated heterocycles. The van der Waals surface area contributed by atoms with Crippen LogP contribution < -0.4 is 19.9 Å². The van der Waals surface area contributed by atoms with Gasteiger partial charge in [-0.3, -0.25) is 19.6 Å². The van der Waals surface area contributed by atoms with Gasteiger partial charge in [-0.25, -0.2) is 15.4 Å². The third-order valence-corrected chi connectivity index (χ3v) is 9.43. The maximum absolute atomic E-state index is 14.2. The molecule has 3 N–H and O–H groups in total. The van der Waals surface area contributed by atoms with Crippen LogP contribution in [0.15, 0.2) is 54.9 Å². The third-order valence-electron chi connectivity index (χ3n) is 9.43. The third kappa shape index (κ3) is 4.62. The van der Waals surface area contributed by atoms with Crippen molar-refractivity contribution >= 4 is 34.6 Å². The Morgan fingerprint density at radius 3 is 2.62 bits per heavy atom. The zero-order valence-corrected chi connectivity index (χ0v) is 24.3. The van der Waals surface area contributed by atoms with Gasteiger partial charge in [0.1, 0.15) is 6.04 Å². The lowest BCUT2D eigenvalue weighted by molar-refractivity contribution is -0.159. The Bertz CT molecular complexity index is 1820. The Balaban J connectivity index is 1.03. The summed E-state index contributed by atoms with van der Waals surface area (Å²) in [5.74, 6) is 1.26. The maximum Gasteiger partial charge on any atom is 0.277 e. The fraction of sp³-hybridized carbons (Fsp3) is 0.344. The number of ether oxygens (including phenoxy) is 2. The molecular weight excluding hydrogens is 578 g/mol. The van der Waals surface area contributed by atoms with Gasteiger partial charge in [-0.05, 0) is 48.1 Å². The van der Waals surface area contributed by atoms with Crippen molar-refractivity contribution in [3.63, 3.8) is 0 Å². The maximum atomic E-state index is 14.2. The quantitative estimate of drug-likeness (QED) is 0.229. The highest BCUT2D eigenvalue weighted by molar-refractivity contribution is 5.97. The average molecular weight is 610 g/mol. The second-order valence-corrected chi connectivity index (χ2v) is 12.0. The Morgan fingerprint density at radius 1 is 1.04 bits per heavy atom. The summed E-state index contributed by atoms with van der Waals surface area (Å²) in [5, 5.41) is 9.88. The number of carbonyl (C=O) groups excluding carboxylic acids is 3. The zero-order valence-electron chi connectivity index (χ0n) is 24.3. The lowest BCUT2D eigenvalue weighted by Crippen LogP contribution is -2.63. The number of amides is 3. The molecule has 230 valence electrons. The van der Waals surface area contributed by atoms with E-state index in [9.17, 15) is 14.4 Å². The lowest BCUT2D eigenvalue weighted by Gasteiger charge is -2.48. The number of piperidine rings is 1. The Hall–Kier alpha value is -5.17. The fourth-order valence-electron chi connectivity index (χ4n) is 7.20. The van der Waals surface area contributed by atoms with Gasteiger partial charge in [0.05, 0.1) is 18.2 Å². The SMILES string of the molecule is O=C(NO)c1cnc(N2CCC(CN3CC(=O)N4C(Cc5c([nH]c6ccccc56)C4c4ccc5c(c4)OCO5)C3=O)CC2)nc1. The summed E-state index contributed by atoms with van der Waals surface area (Å²) < 4.78 is 11.2. The number of benzene rings is 2. The van der Waals surface area contributed by atoms with Crippen LogP contribution in [0.25, 0.3) is 10.9 Å². The van der Waals surface area contributed by atoms with Gasteiger partial charge in [-0.15, -0.1) is 0 Å². The molecule has 4 aliphatic heterocycles. The summed E-state index contributed by atoms with van der Waals surface area (Å²) in [7, 11) is 0. The number of piperazine rings is 1. The molecule has 4 aromatic rings. The van der Waals surface area contributed by atoms with Crippen molar-refractivity contribution in [1.82, 2.24) is 30.2 Å². The van der Waals surface area contributed by atoms with Gasteiger partial charge in [0, 0.05) is 55.0 Å². The summed E-state index contributed by atoms with van der Waals surface area (Å²) in [5.41, 5.74) is 5.58. The van der Waals surface area contributed by atoms with Crippen LogP contribution in [0, 0.1) is 5.92 Å². The minimum Gasteiger partial charge on any atom is -0.454 e. The van der Waals surface area contributed by atoms with E-state index in [-0.39, 0.29) is 36.6 Å². The van der Waals surface area contributed by atoms with Crippen molar-refractivity contribution in [2.45, 2.75) is 31.3 Å². The molecule has 0 radical (unpaired) electrons. The largest absolute Gasteiger partial charge is 0.454 e. The predicted octanol–water partition coefficient (Wildman–Crippen LogP) is 2.41. The van der Waals surface area contributed by atoms with Crippen LogP contribution in [0.5, 0.6) is 11.5 Å². The lowest BCUT2D eigenvalue weighted by atomic mass is 9.85. The fourth-order valence-corrected chi connectivity index (χ4v) is 7.20. The molecule has 2 aromatic heterocycles. The first-order chi connectivity index (χ1) is 22.0. The van der Waals surface area contributed by atoms with Crippen molar-refractivity contribution in [3.8, 4) is 11.5 Å². The van der Waals surface area contributed by atoms with E-state index in [2.05, 4.69) is 21.0 Å². The van der Waals surface area contributed by atoms with Gasteiger partial charge < -0.3 is 29.2 Å². The van der Waals surface area contributed by atoms with Gasteiger partial charge in [0.25, 0.3) is 5.91 Å². The van der Waals surface area contributed by atoms with Gasteiger partial charge >= 0.3 is 0 Å². The molecule has 2 atom stereocenters. The molecule has 8 rings (SSSR count). The molecule has 2 unspecified atom stereocenters. The molecule has 13 heteroatoms. The van der Waals surface area contributed by atoms with Crippen molar-refractivity contribution in [3.05, 3.63) is 77.2 Å². The van der Waals surface area contributed by atoms with Crippen LogP contribution in [0.1, 0.15) is 46.1 Å². The van der Waals surface area contributed by atoms with Gasteiger partial charge in [-0.2, -0.15) is 0 Å². The molecule has 0 bridgehead atoms. The zero-order chi connectivity index (χ0) is 30.7. The van der Waals surface area contributed by atoms with Crippen LogP contribution in [0.4, 0.5) is 5.95 Å². The normalized spacial score (nSPS) is 21.2. The van der Waals surface area contributed by atoms with Crippen molar-refractivity contribution in [1.29, 1.82) is 0 Å². The van der Waals surface area contributed by atoms with Crippen LogP contribution >= 0.6 is 0 Å². The highest BCUT2D eigenvalue weighted by Gasteiger charge is 2.48. The smallest absolute Gasteiger partial charge is 0.277 e. The van der Waals surface area contributed by atoms with E-state index in [0.29, 0.717) is 43.5 Å². The van der Waals surface area contributed by atoms with Crippen LogP contribution in [0.2, 0.25) is 0 Å². The number of nitrogens with one attached hydrogen (secondary N) is 2. The molecule has 0 saturated carbocycles. The molecule has 2 fully saturated rings. The number of H-pyrrole nitrogens is 1. The first-order valence-electron chi connectivity index (χ1n) is 15.1. The minimum absolute atomic E-state index is 0.0280. The second kappa shape index (κ2) is 10.8. The number of fused-ring (bicyclic) bond motifs is 5. The number of rotatable bonds is 5.